The Kier molecular flexibility index (Phi) is 5.78. The zero-order chi connectivity index (χ0) is 24.1. The largest absolute Gasteiger partial charge is 0.483 e. The maximum absolute atomic E-state index is 14.6. The molecule has 0 radical (unpaired) electrons. The van der Waals surface area contributed by atoms with Crippen molar-refractivity contribution in [1.82, 2.24) is 0 Å². The molecule has 5 nitrogen and oxygen atoms in total. The Morgan fingerprint density at radius 1 is 1.03 bits per heavy atom. The van der Waals surface area contributed by atoms with Gasteiger partial charge < -0.3 is 9.47 Å². The summed E-state index contributed by atoms with van der Waals surface area (Å²) in [5.41, 5.74) is -3.75. The average Bonchev–Trinajstić information content (AvgIpc) is 2.74. The smallest absolute Gasteiger partial charge is 0.467 e. The highest BCUT2D eigenvalue weighted by molar-refractivity contribution is 6.05. The summed E-state index contributed by atoms with van der Waals surface area (Å²) in [5, 5.41) is 0. The minimum Gasteiger partial charge on any atom is -0.467 e. The summed E-state index contributed by atoms with van der Waals surface area (Å²) < 4.78 is 120. The van der Waals surface area contributed by atoms with Gasteiger partial charge in [0.25, 0.3) is 0 Å². The molecule has 0 bridgehead atoms. The molecule has 1 aliphatic heterocycles. The van der Waals surface area contributed by atoms with Crippen molar-refractivity contribution in [2.24, 2.45) is 0 Å². The fourth-order valence-corrected chi connectivity index (χ4v) is 3.18. The first-order valence-corrected chi connectivity index (χ1v) is 8.70. The second kappa shape index (κ2) is 7.95. The highest BCUT2D eigenvalue weighted by Gasteiger charge is 2.54. The number of anilines is 1. The molecule has 13 heteroatoms. The maximum Gasteiger partial charge on any atom is 0.483 e. The molecule has 3 rings (SSSR count). The zero-order valence-corrected chi connectivity index (χ0v) is 16.0. The Morgan fingerprint density at radius 2 is 1.56 bits per heavy atom. The van der Waals surface area contributed by atoms with Crippen LogP contribution in [0.2, 0.25) is 0 Å². The molecule has 2 aromatic carbocycles. The van der Waals surface area contributed by atoms with Gasteiger partial charge in [-0.25, -0.2) is 31.1 Å². The molecule has 172 valence electrons. The van der Waals surface area contributed by atoms with E-state index in [9.17, 15) is 44.7 Å². The van der Waals surface area contributed by atoms with E-state index in [1.165, 1.54) is 6.92 Å². The van der Waals surface area contributed by atoms with E-state index in [0.717, 1.165) is 7.11 Å². The summed E-state index contributed by atoms with van der Waals surface area (Å²) in [5.74, 6) is -18.1. The van der Waals surface area contributed by atoms with Gasteiger partial charge in [0.15, 0.2) is 29.0 Å². The van der Waals surface area contributed by atoms with Crippen LogP contribution in [0.1, 0.15) is 13.3 Å². The molecule has 0 aromatic heterocycles. The predicted octanol–water partition coefficient (Wildman–Crippen LogP) is 4.46. The van der Waals surface area contributed by atoms with Crippen LogP contribution in [0.25, 0.3) is 11.1 Å². The number of carbonyl (C=O) groups is 2. The summed E-state index contributed by atoms with van der Waals surface area (Å²) in [7, 11) is 0.889. The third kappa shape index (κ3) is 3.41. The lowest BCUT2D eigenvalue weighted by Crippen LogP contribution is -2.56. The number of hydrogen-bond donors (Lipinski definition) is 0. The minimum atomic E-state index is -4.56. The van der Waals surface area contributed by atoms with E-state index in [4.69, 9.17) is 0 Å². The number of halogens is 8. The number of alkyl halides is 2. The first-order valence-electron chi connectivity index (χ1n) is 8.70. The third-order valence-electron chi connectivity index (χ3n) is 4.66. The van der Waals surface area contributed by atoms with Crippen molar-refractivity contribution in [1.29, 1.82) is 0 Å². The van der Waals surface area contributed by atoms with Gasteiger partial charge in [0.2, 0.25) is 5.82 Å². The molecule has 0 unspecified atom stereocenters. The van der Waals surface area contributed by atoms with Gasteiger partial charge in [-0.2, -0.15) is 8.78 Å². The fourth-order valence-electron chi connectivity index (χ4n) is 3.18. The van der Waals surface area contributed by atoms with Crippen molar-refractivity contribution < 1.29 is 54.2 Å². The first-order chi connectivity index (χ1) is 14.9. The standard InChI is InChI=1S/C19H11F8NO4/c1-3-8(17(29)31-2)28-9-4-6(7(20)5-10(9)32-19(26,27)18(28)30)11-12(21)14(23)16(25)15(24)13(11)22/h4-5,8H,3H2,1-2H3/t8-/m1/s1. The van der Waals surface area contributed by atoms with Crippen LogP contribution in [0, 0.1) is 34.9 Å². The fraction of sp³-hybridized carbons (Fsp3) is 0.263. The second-order valence-corrected chi connectivity index (χ2v) is 6.49. The lowest BCUT2D eigenvalue weighted by atomic mass is 9.99. The molecular weight excluding hydrogens is 458 g/mol. The number of amides is 1. The quantitative estimate of drug-likeness (QED) is 0.287. The number of rotatable bonds is 4. The van der Waals surface area contributed by atoms with E-state index in [2.05, 4.69) is 9.47 Å². The van der Waals surface area contributed by atoms with Gasteiger partial charge >= 0.3 is 18.0 Å². The predicted molar refractivity (Wildman–Crippen MR) is 90.8 cm³/mol. The lowest BCUT2D eigenvalue weighted by molar-refractivity contribution is -0.194. The summed E-state index contributed by atoms with van der Waals surface area (Å²) in [6.45, 7) is 1.30. The Labute approximate surface area is 174 Å². The number of fused-ring (bicyclic) bond motifs is 1. The zero-order valence-electron chi connectivity index (χ0n) is 16.0. The average molecular weight is 469 g/mol. The van der Waals surface area contributed by atoms with Gasteiger partial charge in [0.05, 0.1) is 18.4 Å². The second-order valence-electron chi connectivity index (χ2n) is 6.49. The topological polar surface area (TPSA) is 55.8 Å². The van der Waals surface area contributed by atoms with Crippen LogP contribution in [0.4, 0.5) is 40.8 Å². The van der Waals surface area contributed by atoms with Crippen molar-refractivity contribution in [2.45, 2.75) is 25.5 Å². The van der Waals surface area contributed by atoms with Gasteiger partial charge in [-0.05, 0) is 12.5 Å². The Hall–Kier alpha value is -3.38. The molecule has 1 amide bonds. The molecule has 32 heavy (non-hydrogen) atoms. The van der Waals surface area contributed by atoms with Crippen molar-refractivity contribution >= 4 is 17.6 Å². The Morgan fingerprint density at radius 3 is 2.06 bits per heavy atom. The van der Waals surface area contributed by atoms with Crippen molar-refractivity contribution in [3.05, 3.63) is 47.0 Å². The van der Waals surface area contributed by atoms with Crippen LogP contribution in [0.3, 0.4) is 0 Å². The van der Waals surface area contributed by atoms with E-state index < -0.39 is 81.5 Å². The van der Waals surface area contributed by atoms with E-state index in [1.54, 1.807) is 0 Å². The maximum atomic E-state index is 14.6. The minimum absolute atomic E-state index is 0.152. The molecule has 0 N–H and O–H groups in total. The van der Waals surface area contributed by atoms with Crippen LogP contribution < -0.4 is 9.64 Å². The monoisotopic (exact) mass is 469 g/mol. The van der Waals surface area contributed by atoms with E-state index in [0.29, 0.717) is 6.07 Å². The molecule has 2 aromatic rings. The van der Waals surface area contributed by atoms with Crippen LogP contribution in [0.15, 0.2) is 12.1 Å². The normalized spacial score (nSPS) is 15.8. The highest BCUT2D eigenvalue weighted by atomic mass is 19.3. The third-order valence-corrected chi connectivity index (χ3v) is 4.66. The van der Waals surface area contributed by atoms with E-state index in [-0.39, 0.29) is 17.4 Å². The van der Waals surface area contributed by atoms with Gasteiger partial charge in [-0.1, -0.05) is 6.92 Å². The summed E-state index contributed by atoms with van der Waals surface area (Å²) in [4.78, 5) is 24.5. The van der Waals surface area contributed by atoms with Gasteiger partial charge in [0.1, 0.15) is 11.9 Å². The molecule has 1 atom stereocenters. The molecule has 0 saturated carbocycles. The SMILES string of the molecule is CC[C@H](C(=O)OC)N1C(=O)C(F)(F)Oc2cc(F)c(-c3c(F)c(F)c(F)c(F)c3F)cc21. The van der Waals surface area contributed by atoms with Crippen molar-refractivity contribution in [3.8, 4) is 16.9 Å². The van der Waals surface area contributed by atoms with E-state index in [1.807, 2.05) is 0 Å². The molecule has 0 fully saturated rings. The summed E-state index contributed by atoms with van der Waals surface area (Å²) in [6, 6.07) is -1.18. The highest BCUT2D eigenvalue weighted by Crippen LogP contribution is 2.45. The summed E-state index contributed by atoms with van der Waals surface area (Å²) in [6.07, 6.45) is -4.86. The van der Waals surface area contributed by atoms with Gasteiger partial charge in [0, 0.05) is 11.6 Å². The van der Waals surface area contributed by atoms with Crippen molar-refractivity contribution in [3.63, 3.8) is 0 Å². The van der Waals surface area contributed by atoms with Crippen LogP contribution in [-0.4, -0.2) is 31.1 Å². The molecule has 0 aliphatic carbocycles. The van der Waals surface area contributed by atoms with Crippen LogP contribution in [-0.2, 0) is 14.3 Å². The van der Waals surface area contributed by atoms with Gasteiger partial charge in [-0.3, -0.25) is 9.69 Å². The van der Waals surface area contributed by atoms with Crippen molar-refractivity contribution in [2.75, 3.05) is 12.0 Å². The number of methoxy groups -OCH3 is 1. The molecule has 1 aliphatic rings. The van der Waals surface area contributed by atoms with Crippen LogP contribution in [0.5, 0.6) is 5.75 Å². The number of benzene rings is 2. The molecule has 0 spiro atoms. The Bertz CT molecular complexity index is 1110. The van der Waals surface area contributed by atoms with Crippen LogP contribution >= 0.6 is 0 Å². The molecule has 0 saturated heterocycles. The lowest BCUT2D eigenvalue weighted by Gasteiger charge is -2.37. The number of nitrogens with zero attached hydrogens (tertiary/aromatic N) is 1. The number of ether oxygens (including phenoxy) is 2. The molecular formula is C19H11F8NO4. The summed E-state index contributed by atoms with van der Waals surface area (Å²) >= 11 is 0. The number of carbonyl (C=O) groups excluding carboxylic acids is 2. The Balaban J connectivity index is 2.34. The first kappa shape index (κ1) is 23.3. The van der Waals surface area contributed by atoms with Gasteiger partial charge in [-0.15, -0.1) is 0 Å². The molecule has 1 heterocycles. The van der Waals surface area contributed by atoms with E-state index >= 15 is 0 Å². The number of esters is 1. The number of hydrogen-bond acceptors (Lipinski definition) is 4.